The number of aromatic nitrogens is 2. The molecular weight excluding hydrogens is 439 g/mol. The Hall–Kier alpha value is -2.15. The van der Waals surface area contributed by atoms with E-state index >= 15 is 0 Å². The molecule has 2 aromatic carbocycles. The van der Waals surface area contributed by atoms with Crippen LogP contribution in [0.25, 0.3) is 15.9 Å². The molecule has 0 radical (unpaired) electrons. The Morgan fingerprint density at radius 3 is 2.67 bits per heavy atom. The summed E-state index contributed by atoms with van der Waals surface area (Å²) in [4.78, 5) is 20.3. The molecule has 0 atom stereocenters. The van der Waals surface area contributed by atoms with Crippen LogP contribution in [0.1, 0.15) is 29.3 Å². The van der Waals surface area contributed by atoms with Gasteiger partial charge in [-0.1, -0.05) is 48.8 Å². The molecule has 3 nitrogen and oxygen atoms in total. The van der Waals surface area contributed by atoms with E-state index in [1.165, 1.54) is 28.8 Å². The van der Waals surface area contributed by atoms with Crippen LogP contribution in [0.15, 0.2) is 58.5 Å². The first-order valence-electron chi connectivity index (χ1n) is 9.66. The second kappa shape index (κ2) is 8.92. The Morgan fingerprint density at radius 1 is 1.20 bits per heavy atom. The van der Waals surface area contributed by atoms with Crippen LogP contribution in [-0.4, -0.2) is 9.55 Å². The zero-order chi connectivity index (χ0) is 21.3. The summed E-state index contributed by atoms with van der Waals surface area (Å²) >= 11 is 9.17. The lowest BCUT2D eigenvalue weighted by Gasteiger charge is -2.12. The summed E-state index contributed by atoms with van der Waals surface area (Å²) < 4.78 is 15.1. The van der Waals surface area contributed by atoms with E-state index in [-0.39, 0.29) is 11.4 Å². The fraction of sp³-hybridized carbons (Fsp3) is 0.217. The number of benzene rings is 2. The fourth-order valence-electron chi connectivity index (χ4n) is 3.37. The van der Waals surface area contributed by atoms with Crippen molar-refractivity contribution in [1.29, 1.82) is 0 Å². The molecule has 0 aliphatic rings. The van der Waals surface area contributed by atoms with Crippen molar-refractivity contribution >= 4 is 44.9 Å². The topological polar surface area (TPSA) is 34.9 Å². The third-order valence-corrected chi connectivity index (χ3v) is 7.34. The molecule has 0 saturated heterocycles. The van der Waals surface area contributed by atoms with Crippen molar-refractivity contribution in [2.24, 2.45) is 0 Å². The average molecular weight is 459 g/mol. The monoisotopic (exact) mass is 458 g/mol. The number of thiophene rings is 1. The molecule has 0 bridgehead atoms. The lowest BCUT2D eigenvalue weighted by molar-refractivity contribution is 0.627. The minimum Gasteiger partial charge on any atom is -0.268 e. The normalized spacial score (nSPS) is 11.3. The standard InChI is InChI=1S/C23H20ClFN2OS2/c1-3-5-19-14(2)20-21(30-19)26-23(29-13-15-6-4-7-16(24)12-15)27(22(20)28)18-10-8-17(25)9-11-18/h4,6-12H,3,5,13H2,1-2H3. The van der Waals surface area contributed by atoms with Crippen LogP contribution in [0, 0.1) is 12.7 Å². The fourth-order valence-corrected chi connectivity index (χ4v) is 5.85. The molecule has 0 spiro atoms. The molecule has 0 unspecified atom stereocenters. The van der Waals surface area contributed by atoms with Crippen molar-refractivity contribution < 1.29 is 4.39 Å². The Kier molecular flexibility index (Phi) is 6.27. The van der Waals surface area contributed by atoms with Crippen LogP contribution >= 0.6 is 34.7 Å². The van der Waals surface area contributed by atoms with E-state index in [0.29, 0.717) is 27.0 Å². The van der Waals surface area contributed by atoms with Gasteiger partial charge in [0.2, 0.25) is 0 Å². The molecule has 0 saturated carbocycles. The molecular formula is C23H20ClFN2OS2. The van der Waals surface area contributed by atoms with Crippen molar-refractivity contribution in [2.45, 2.75) is 37.6 Å². The van der Waals surface area contributed by atoms with Gasteiger partial charge >= 0.3 is 0 Å². The van der Waals surface area contributed by atoms with Gasteiger partial charge in [-0.15, -0.1) is 11.3 Å². The maximum atomic E-state index is 13.5. The minimum absolute atomic E-state index is 0.115. The number of aryl methyl sites for hydroxylation is 2. The second-order valence-corrected chi connectivity index (χ2v) is 9.47. The van der Waals surface area contributed by atoms with E-state index in [0.717, 1.165) is 28.8 Å². The third kappa shape index (κ3) is 4.17. The highest BCUT2D eigenvalue weighted by Gasteiger charge is 2.19. The van der Waals surface area contributed by atoms with Gasteiger partial charge < -0.3 is 0 Å². The first kappa shape index (κ1) is 21.1. The summed E-state index contributed by atoms with van der Waals surface area (Å²) in [7, 11) is 0. The number of halogens is 2. The number of nitrogens with zero attached hydrogens (tertiary/aromatic N) is 2. The number of thioether (sulfide) groups is 1. The van der Waals surface area contributed by atoms with Crippen LogP contribution in [0.5, 0.6) is 0 Å². The summed E-state index contributed by atoms with van der Waals surface area (Å²) in [5.41, 5.74) is 2.53. The molecule has 0 fully saturated rings. The number of rotatable bonds is 6. The van der Waals surface area contributed by atoms with E-state index in [4.69, 9.17) is 16.6 Å². The lowest BCUT2D eigenvalue weighted by atomic mass is 10.1. The lowest BCUT2D eigenvalue weighted by Crippen LogP contribution is -2.21. The maximum Gasteiger partial charge on any atom is 0.267 e. The van der Waals surface area contributed by atoms with Crippen LogP contribution in [0.2, 0.25) is 5.02 Å². The summed E-state index contributed by atoms with van der Waals surface area (Å²) in [6.45, 7) is 4.11. The van der Waals surface area contributed by atoms with Gasteiger partial charge in [0.25, 0.3) is 5.56 Å². The highest BCUT2D eigenvalue weighted by atomic mass is 35.5. The average Bonchev–Trinajstić information content (AvgIpc) is 3.03. The number of hydrogen-bond acceptors (Lipinski definition) is 4. The van der Waals surface area contributed by atoms with Gasteiger partial charge in [-0.25, -0.2) is 9.37 Å². The number of hydrogen-bond donors (Lipinski definition) is 0. The van der Waals surface area contributed by atoms with Gasteiger partial charge in [0.15, 0.2) is 5.16 Å². The Balaban J connectivity index is 1.86. The van der Waals surface area contributed by atoms with Crippen molar-refractivity contribution in [3.63, 3.8) is 0 Å². The van der Waals surface area contributed by atoms with E-state index in [9.17, 15) is 9.18 Å². The molecule has 4 rings (SSSR count). The van der Waals surface area contributed by atoms with Gasteiger partial charge in [0.05, 0.1) is 11.1 Å². The molecule has 2 heterocycles. The summed E-state index contributed by atoms with van der Waals surface area (Å²) in [6.07, 6.45) is 1.93. The Bertz CT molecular complexity index is 1260. The van der Waals surface area contributed by atoms with Crippen LogP contribution in [0.3, 0.4) is 0 Å². The van der Waals surface area contributed by atoms with E-state index in [2.05, 4.69) is 6.92 Å². The molecule has 7 heteroatoms. The van der Waals surface area contributed by atoms with Crippen molar-refractivity contribution in [3.05, 3.63) is 85.7 Å². The van der Waals surface area contributed by atoms with Crippen LogP contribution in [0.4, 0.5) is 4.39 Å². The van der Waals surface area contributed by atoms with Crippen LogP contribution < -0.4 is 5.56 Å². The van der Waals surface area contributed by atoms with E-state index < -0.39 is 0 Å². The quantitative estimate of drug-likeness (QED) is 0.235. The van der Waals surface area contributed by atoms with Crippen molar-refractivity contribution in [3.8, 4) is 5.69 Å². The molecule has 0 aliphatic carbocycles. The molecule has 30 heavy (non-hydrogen) atoms. The van der Waals surface area contributed by atoms with Crippen LogP contribution in [-0.2, 0) is 12.2 Å². The third-order valence-electron chi connectivity index (χ3n) is 4.85. The van der Waals surface area contributed by atoms with E-state index in [1.54, 1.807) is 28.0 Å². The largest absolute Gasteiger partial charge is 0.268 e. The first-order valence-corrected chi connectivity index (χ1v) is 11.8. The van der Waals surface area contributed by atoms with Gasteiger partial charge in [-0.2, -0.15) is 0 Å². The molecule has 4 aromatic rings. The van der Waals surface area contributed by atoms with Crippen molar-refractivity contribution in [1.82, 2.24) is 9.55 Å². The predicted octanol–water partition coefficient (Wildman–Crippen LogP) is 6.79. The second-order valence-electron chi connectivity index (χ2n) is 7.01. The molecule has 0 amide bonds. The maximum absolute atomic E-state index is 13.5. The van der Waals surface area contributed by atoms with E-state index in [1.807, 2.05) is 31.2 Å². The molecule has 2 aromatic heterocycles. The zero-order valence-electron chi connectivity index (χ0n) is 16.6. The summed E-state index contributed by atoms with van der Waals surface area (Å²) in [5.74, 6) is 0.275. The van der Waals surface area contributed by atoms with Gasteiger partial charge in [0, 0.05) is 15.7 Å². The SMILES string of the molecule is CCCc1sc2nc(SCc3cccc(Cl)c3)n(-c3ccc(F)cc3)c(=O)c2c1C. The molecule has 154 valence electrons. The van der Waals surface area contributed by atoms with Gasteiger partial charge in [-0.05, 0) is 60.9 Å². The highest BCUT2D eigenvalue weighted by Crippen LogP contribution is 2.32. The molecule has 0 N–H and O–H groups in total. The zero-order valence-corrected chi connectivity index (χ0v) is 19.0. The first-order chi connectivity index (χ1) is 14.5. The highest BCUT2D eigenvalue weighted by molar-refractivity contribution is 7.98. The molecule has 0 aliphatic heterocycles. The summed E-state index contributed by atoms with van der Waals surface area (Å²) in [6, 6.07) is 13.6. The minimum atomic E-state index is -0.342. The predicted molar refractivity (Wildman–Crippen MR) is 125 cm³/mol. The smallest absolute Gasteiger partial charge is 0.267 e. The van der Waals surface area contributed by atoms with Crippen molar-refractivity contribution in [2.75, 3.05) is 0 Å². The number of fused-ring (bicyclic) bond motifs is 1. The summed E-state index contributed by atoms with van der Waals surface area (Å²) in [5, 5.41) is 1.91. The van der Waals surface area contributed by atoms with Gasteiger partial charge in [-0.3, -0.25) is 9.36 Å². The van der Waals surface area contributed by atoms with Gasteiger partial charge in [0.1, 0.15) is 10.6 Å². The Labute approximate surface area is 187 Å². The Morgan fingerprint density at radius 2 is 1.97 bits per heavy atom.